The van der Waals surface area contributed by atoms with Gasteiger partial charge in [-0.15, -0.1) is 0 Å². The van der Waals surface area contributed by atoms with Crippen LogP contribution < -0.4 is 11.1 Å². The number of hydrogen-bond donors (Lipinski definition) is 2. The van der Waals surface area contributed by atoms with Crippen LogP contribution in [0.5, 0.6) is 0 Å². The van der Waals surface area contributed by atoms with Crippen molar-refractivity contribution in [1.82, 2.24) is 5.32 Å². The van der Waals surface area contributed by atoms with E-state index >= 15 is 0 Å². The molecule has 1 saturated carbocycles. The van der Waals surface area contributed by atoms with Crippen molar-refractivity contribution in [3.8, 4) is 0 Å². The van der Waals surface area contributed by atoms with Crippen LogP contribution in [0.25, 0.3) is 0 Å². The maximum atomic E-state index is 11.3. The van der Waals surface area contributed by atoms with Crippen molar-refractivity contribution in [2.24, 2.45) is 11.7 Å². The Kier molecular flexibility index (Phi) is 6.41. The number of carbonyl (C=O) groups is 1. The molecule has 0 unspecified atom stereocenters. The van der Waals surface area contributed by atoms with Gasteiger partial charge in [-0.25, -0.2) is 0 Å². The molecule has 0 aliphatic heterocycles. The molecule has 1 aliphatic carbocycles. The fourth-order valence-electron chi connectivity index (χ4n) is 2.33. The van der Waals surface area contributed by atoms with E-state index in [1.807, 2.05) is 0 Å². The molecule has 15 heavy (non-hydrogen) atoms. The van der Waals surface area contributed by atoms with Crippen LogP contribution >= 0.6 is 0 Å². The van der Waals surface area contributed by atoms with Crippen LogP contribution in [-0.2, 0) is 4.79 Å². The lowest BCUT2D eigenvalue weighted by atomic mass is 9.86. The highest BCUT2D eigenvalue weighted by Gasteiger charge is 2.13. The second-order valence-corrected chi connectivity index (χ2v) is 4.53. The molecule has 0 aromatic heterocycles. The lowest BCUT2D eigenvalue weighted by molar-refractivity contribution is -0.121. The SMILES string of the molecule is NCCNC(=O)CCCC1CCCCC1. The Morgan fingerprint density at radius 2 is 2.00 bits per heavy atom. The second-order valence-electron chi connectivity index (χ2n) is 4.53. The number of nitrogens with two attached hydrogens (primary N) is 1. The number of hydrogen-bond acceptors (Lipinski definition) is 2. The minimum Gasteiger partial charge on any atom is -0.355 e. The van der Waals surface area contributed by atoms with E-state index < -0.39 is 0 Å². The number of rotatable bonds is 6. The zero-order chi connectivity index (χ0) is 10.9. The lowest BCUT2D eigenvalue weighted by Gasteiger charge is -2.21. The van der Waals surface area contributed by atoms with Crippen LogP contribution in [0, 0.1) is 5.92 Å². The van der Waals surface area contributed by atoms with Gasteiger partial charge < -0.3 is 11.1 Å². The summed E-state index contributed by atoms with van der Waals surface area (Å²) in [6.45, 7) is 1.15. The second kappa shape index (κ2) is 7.69. The van der Waals surface area contributed by atoms with Crippen LogP contribution in [0.3, 0.4) is 0 Å². The molecule has 1 rings (SSSR count). The molecule has 3 nitrogen and oxygen atoms in total. The fraction of sp³-hybridized carbons (Fsp3) is 0.917. The highest BCUT2D eigenvalue weighted by atomic mass is 16.1. The quantitative estimate of drug-likeness (QED) is 0.705. The molecule has 1 fully saturated rings. The summed E-state index contributed by atoms with van der Waals surface area (Å²) >= 11 is 0. The van der Waals surface area contributed by atoms with E-state index in [9.17, 15) is 4.79 Å². The maximum Gasteiger partial charge on any atom is 0.220 e. The number of nitrogens with one attached hydrogen (secondary N) is 1. The Bertz CT molecular complexity index is 176. The summed E-state index contributed by atoms with van der Waals surface area (Å²) in [4.78, 5) is 11.3. The smallest absolute Gasteiger partial charge is 0.220 e. The summed E-state index contributed by atoms with van der Waals surface area (Å²) in [5, 5.41) is 2.81. The number of amides is 1. The van der Waals surface area contributed by atoms with Crippen LogP contribution in [0.15, 0.2) is 0 Å². The Morgan fingerprint density at radius 1 is 1.27 bits per heavy atom. The molecule has 0 spiro atoms. The van der Waals surface area contributed by atoms with E-state index in [0.717, 1.165) is 12.3 Å². The summed E-state index contributed by atoms with van der Waals surface area (Å²) in [6, 6.07) is 0. The topological polar surface area (TPSA) is 55.1 Å². The predicted molar refractivity (Wildman–Crippen MR) is 62.5 cm³/mol. The van der Waals surface area contributed by atoms with Crippen molar-refractivity contribution in [1.29, 1.82) is 0 Å². The molecule has 0 aromatic rings. The summed E-state index contributed by atoms with van der Waals surface area (Å²) in [6.07, 6.45) is 9.91. The largest absolute Gasteiger partial charge is 0.355 e. The van der Waals surface area contributed by atoms with E-state index in [1.54, 1.807) is 0 Å². The van der Waals surface area contributed by atoms with Gasteiger partial charge in [0, 0.05) is 19.5 Å². The average Bonchev–Trinajstić information content (AvgIpc) is 2.28. The van der Waals surface area contributed by atoms with Gasteiger partial charge >= 0.3 is 0 Å². The molecule has 0 aromatic carbocycles. The summed E-state index contributed by atoms with van der Waals surface area (Å²) in [5.74, 6) is 1.05. The first-order chi connectivity index (χ1) is 7.33. The van der Waals surface area contributed by atoms with Gasteiger partial charge in [0.15, 0.2) is 0 Å². The molecule has 1 amide bonds. The third-order valence-electron chi connectivity index (χ3n) is 3.21. The molecule has 88 valence electrons. The first kappa shape index (κ1) is 12.5. The lowest BCUT2D eigenvalue weighted by Crippen LogP contribution is -2.28. The third kappa shape index (κ3) is 5.78. The minimum absolute atomic E-state index is 0.163. The zero-order valence-electron chi connectivity index (χ0n) is 9.63. The van der Waals surface area contributed by atoms with Gasteiger partial charge in [0.05, 0.1) is 0 Å². The first-order valence-electron chi connectivity index (χ1n) is 6.29. The zero-order valence-corrected chi connectivity index (χ0v) is 9.63. The van der Waals surface area contributed by atoms with Gasteiger partial charge in [-0.2, -0.15) is 0 Å². The van der Waals surface area contributed by atoms with Crippen molar-refractivity contribution in [3.05, 3.63) is 0 Å². The molecule has 0 atom stereocenters. The maximum absolute atomic E-state index is 11.3. The Morgan fingerprint density at radius 3 is 2.67 bits per heavy atom. The average molecular weight is 212 g/mol. The molecule has 1 aliphatic rings. The Labute approximate surface area is 92.8 Å². The minimum atomic E-state index is 0.163. The predicted octanol–water partition coefficient (Wildman–Crippen LogP) is 1.81. The van der Waals surface area contributed by atoms with Crippen molar-refractivity contribution < 1.29 is 4.79 Å². The number of carbonyl (C=O) groups excluding carboxylic acids is 1. The standard InChI is InChI=1S/C12H24N2O/c13-9-10-14-12(15)8-4-7-11-5-2-1-3-6-11/h11H,1-10,13H2,(H,14,15). The molecule has 0 heterocycles. The van der Waals surface area contributed by atoms with Gasteiger partial charge in [0.25, 0.3) is 0 Å². The van der Waals surface area contributed by atoms with Gasteiger partial charge in [-0.1, -0.05) is 32.1 Å². The Balaban J connectivity index is 1.97. The summed E-state index contributed by atoms with van der Waals surface area (Å²) in [5.41, 5.74) is 5.31. The van der Waals surface area contributed by atoms with Gasteiger partial charge in [-0.05, 0) is 18.8 Å². The third-order valence-corrected chi connectivity index (χ3v) is 3.21. The van der Waals surface area contributed by atoms with Crippen LogP contribution in [-0.4, -0.2) is 19.0 Å². The normalized spacial score (nSPS) is 17.7. The summed E-state index contributed by atoms with van der Waals surface area (Å²) < 4.78 is 0. The summed E-state index contributed by atoms with van der Waals surface area (Å²) in [7, 11) is 0. The highest BCUT2D eigenvalue weighted by molar-refractivity contribution is 5.75. The van der Waals surface area contributed by atoms with Crippen LogP contribution in [0.4, 0.5) is 0 Å². The first-order valence-corrected chi connectivity index (χ1v) is 6.29. The molecule has 0 radical (unpaired) electrons. The van der Waals surface area contributed by atoms with Crippen molar-refractivity contribution in [2.45, 2.75) is 51.4 Å². The van der Waals surface area contributed by atoms with Gasteiger partial charge in [0.2, 0.25) is 5.91 Å². The molecule has 3 N–H and O–H groups in total. The van der Waals surface area contributed by atoms with E-state index in [-0.39, 0.29) is 5.91 Å². The van der Waals surface area contributed by atoms with Crippen molar-refractivity contribution >= 4 is 5.91 Å². The molecule has 0 bridgehead atoms. The molecular weight excluding hydrogens is 188 g/mol. The monoisotopic (exact) mass is 212 g/mol. The van der Waals surface area contributed by atoms with E-state index in [1.165, 1.54) is 38.5 Å². The fourth-order valence-corrected chi connectivity index (χ4v) is 2.33. The van der Waals surface area contributed by atoms with Crippen molar-refractivity contribution in [3.63, 3.8) is 0 Å². The van der Waals surface area contributed by atoms with E-state index in [4.69, 9.17) is 5.73 Å². The highest BCUT2D eigenvalue weighted by Crippen LogP contribution is 2.27. The van der Waals surface area contributed by atoms with Crippen LogP contribution in [0.1, 0.15) is 51.4 Å². The van der Waals surface area contributed by atoms with Gasteiger partial charge in [0.1, 0.15) is 0 Å². The van der Waals surface area contributed by atoms with E-state index in [0.29, 0.717) is 19.5 Å². The molecular formula is C12H24N2O. The van der Waals surface area contributed by atoms with Gasteiger partial charge in [-0.3, -0.25) is 4.79 Å². The van der Waals surface area contributed by atoms with Crippen molar-refractivity contribution in [2.75, 3.05) is 13.1 Å². The molecule has 0 saturated heterocycles. The Hall–Kier alpha value is -0.570. The molecule has 3 heteroatoms. The van der Waals surface area contributed by atoms with Crippen LogP contribution in [0.2, 0.25) is 0 Å². The van der Waals surface area contributed by atoms with E-state index in [2.05, 4.69) is 5.32 Å².